The van der Waals surface area contributed by atoms with E-state index in [9.17, 15) is 4.39 Å². The average Bonchev–Trinajstić information content (AvgIpc) is 2.40. The number of benzene rings is 1. The normalized spacial score (nSPS) is 12.4. The molecule has 2 nitrogen and oxygen atoms in total. The summed E-state index contributed by atoms with van der Waals surface area (Å²) in [6.45, 7) is 8.94. The zero-order chi connectivity index (χ0) is 15.4. The molecule has 0 bridgehead atoms. The maximum atomic E-state index is 14.3. The van der Waals surface area contributed by atoms with Gasteiger partial charge in [0.25, 0.3) is 0 Å². The van der Waals surface area contributed by atoms with Crippen molar-refractivity contribution in [1.29, 1.82) is 0 Å². The highest BCUT2D eigenvalue weighted by molar-refractivity contribution is 7.99. The molecule has 1 N–H and O–H groups in total. The van der Waals surface area contributed by atoms with E-state index in [1.54, 1.807) is 6.07 Å². The quantitative estimate of drug-likeness (QED) is 0.869. The van der Waals surface area contributed by atoms with Crippen LogP contribution in [0.3, 0.4) is 0 Å². The van der Waals surface area contributed by atoms with Gasteiger partial charge in [-0.25, -0.2) is 9.37 Å². The molecule has 1 aromatic heterocycles. The minimum Gasteiger partial charge on any atom is -0.310 e. The molecule has 0 aliphatic heterocycles. The Balaban J connectivity index is 2.38. The van der Waals surface area contributed by atoms with Crippen LogP contribution in [-0.4, -0.2) is 11.5 Å². The molecule has 0 radical (unpaired) electrons. The van der Waals surface area contributed by atoms with Gasteiger partial charge in [0, 0.05) is 11.7 Å². The Labute approximate surface area is 130 Å². The van der Waals surface area contributed by atoms with Gasteiger partial charge < -0.3 is 5.32 Å². The Kier molecular flexibility index (Phi) is 5.37. The molecule has 0 amide bonds. The Morgan fingerprint density at radius 1 is 1.29 bits per heavy atom. The number of hydrogen-bond donors (Lipinski definition) is 1. The van der Waals surface area contributed by atoms with Gasteiger partial charge in [-0.15, -0.1) is 0 Å². The maximum Gasteiger partial charge on any atom is 0.137 e. The minimum atomic E-state index is -0.191. The van der Waals surface area contributed by atoms with Gasteiger partial charge in [-0.05, 0) is 56.6 Å². The van der Waals surface area contributed by atoms with Crippen molar-refractivity contribution in [3.63, 3.8) is 0 Å². The highest BCUT2D eigenvalue weighted by Crippen LogP contribution is 2.34. The second kappa shape index (κ2) is 7.05. The van der Waals surface area contributed by atoms with Gasteiger partial charge in [0.2, 0.25) is 0 Å². The largest absolute Gasteiger partial charge is 0.310 e. The molecule has 2 rings (SSSR count). The molecule has 4 heteroatoms. The Morgan fingerprint density at radius 3 is 2.71 bits per heavy atom. The predicted octanol–water partition coefficient (Wildman–Crippen LogP) is 4.66. The molecule has 2 aromatic rings. The summed E-state index contributed by atoms with van der Waals surface area (Å²) in [6, 6.07) is 9.37. The molecular formula is C17H21FN2S. The van der Waals surface area contributed by atoms with E-state index in [1.807, 2.05) is 39.0 Å². The van der Waals surface area contributed by atoms with Crippen LogP contribution in [-0.2, 0) is 0 Å². The summed E-state index contributed by atoms with van der Waals surface area (Å²) in [6.07, 6.45) is 0. The summed E-state index contributed by atoms with van der Waals surface area (Å²) in [5.74, 6) is -0.191. The predicted molar refractivity (Wildman–Crippen MR) is 86.3 cm³/mol. The molecule has 1 atom stereocenters. The van der Waals surface area contributed by atoms with E-state index in [1.165, 1.54) is 17.8 Å². The van der Waals surface area contributed by atoms with Crippen LogP contribution < -0.4 is 5.32 Å². The minimum absolute atomic E-state index is 0.110. The number of rotatable bonds is 5. The first-order chi connectivity index (χ1) is 10.0. The zero-order valence-corrected chi connectivity index (χ0v) is 13.7. The van der Waals surface area contributed by atoms with E-state index >= 15 is 0 Å². The smallest absolute Gasteiger partial charge is 0.137 e. The molecule has 0 saturated carbocycles. The Hall–Kier alpha value is -1.39. The van der Waals surface area contributed by atoms with Crippen molar-refractivity contribution in [3.8, 4) is 0 Å². The van der Waals surface area contributed by atoms with Crippen molar-refractivity contribution in [2.24, 2.45) is 0 Å². The van der Waals surface area contributed by atoms with Crippen LogP contribution in [0.5, 0.6) is 0 Å². The van der Waals surface area contributed by atoms with Crippen LogP contribution in [0.15, 0.2) is 40.3 Å². The molecule has 0 spiro atoms. The standard InChI is InChI=1S/C17H21FN2S/c1-5-19-13(4)14-7-6-8-15(18)17(14)21-16-10-11(2)9-12(3)20-16/h6-10,13,19H,5H2,1-4H3. The number of nitrogens with one attached hydrogen (secondary N) is 1. The number of pyridine rings is 1. The first kappa shape index (κ1) is 16.0. The van der Waals surface area contributed by atoms with Gasteiger partial charge >= 0.3 is 0 Å². The monoisotopic (exact) mass is 304 g/mol. The molecule has 0 fully saturated rings. The van der Waals surface area contributed by atoms with Crippen LogP contribution >= 0.6 is 11.8 Å². The number of aromatic nitrogens is 1. The van der Waals surface area contributed by atoms with Gasteiger partial charge in [-0.1, -0.05) is 30.8 Å². The van der Waals surface area contributed by atoms with E-state index in [4.69, 9.17) is 0 Å². The van der Waals surface area contributed by atoms with Crippen LogP contribution in [0.4, 0.5) is 4.39 Å². The lowest BCUT2D eigenvalue weighted by atomic mass is 10.1. The highest BCUT2D eigenvalue weighted by Gasteiger charge is 2.15. The van der Waals surface area contributed by atoms with Crippen molar-refractivity contribution >= 4 is 11.8 Å². The van der Waals surface area contributed by atoms with E-state index in [0.29, 0.717) is 4.90 Å². The third-order valence-electron chi connectivity index (χ3n) is 3.26. The van der Waals surface area contributed by atoms with Gasteiger partial charge in [0.1, 0.15) is 10.8 Å². The second-order valence-electron chi connectivity index (χ2n) is 5.16. The van der Waals surface area contributed by atoms with Crippen molar-refractivity contribution < 1.29 is 4.39 Å². The van der Waals surface area contributed by atoms with Crippen LogP contribution in [0.1, 0.15) is 36.7 Å². The number of nitrogens with zero attached hydrogens (tertiary/aromatic N) is 1. The van der Waals surface area contributed by atoms with Crippen molar-refractivity contribution in [2.45, 2.75) is 43.7 Å². The van der Waals surface area contributed by atoms with Crippen LogP contribution in [0.2, 0.25) is 0 Å². The third-order valence-corrected chi connectivity index (χ3v) is 4.31. The lowest BCUT2D eigenvalue weighted by Gasteiger charge is -2.17. The van der Waals surface area contributed by atoms with Crippen molar-refractivity contribution in [2.75, 3.05) is 6.54 Å². The molecule has 112 valence electrons. The fourth-order valence-corrected chi connectivity index (χ4v) is 3.52. The van der Waals surface area contributed by atoms with Crippen LogP contribution in [0, 0.1) is 19.7 Å². The summed E-state index contributed by atoms with van der Waals surface area (Å²) in [5, 5.41) is 4.17. The number of aryl methyl sites for hydroxylation is 2. The molecule has 0 saturated heterocycles. The lowest BCUT2D eigenvalue weighted by Crippen LogP contribution is -2.18. The highest BCUT2D eigenvalue weighted by atomic mass is 32.2. The van der Waals surface area contributed by atoms with E-state index in [0.717, 1.165) is 28.4 Å². The molecule has 1 unspecified atom stereocenters. The summed E-state index contributed by atoms with van der Waals surface area (Å²) in [5.41, 5.74) is 3.07. The molecule has 0 aliphatic carbocycles. The van der Waals surface area contributed by atoms with Gasteiger partial charge in [-0.3, -0.25) is 0 Å². The van der Waals surface area contributed by atoms with Gasteiger partial charge in [-0.2, -0.15) is 0 Å². The third kappa shape index (κ3) is 4.05. The van der Waals surface area contributed by atoms with Gasteiger partial charge in [0.15, 0.2) is 0 Å². The molecule has 1 heterocycles. The Bertz CT molecular complexity index is 608. The first-order valence-corrected chi connectivity index (χ1v) is 7.98. The molecular weight excluding hydrogens is 283 g/mol. The summed E-state index contributed by atoms with van der Waals surface area (Å²) in [7, 11) is 0. The fourth-order valence-electron chi connectivity index (χ4n) is 2.35. The first-order valence-electron chi connectivity index (χ1n) is 7.16. The van der Waals surface area contributed by atoms with Crippen molar-refractivity contribution in [3.05, 3.63) is 53.0 Å². The SMILES string of the molecule is CCNC(C)c1cccc(F)c1Sc1cc(C)cc(C)n1. The Morgan fingerprint density at radius 2 is 2.05 bits per heavy atom. The average molecular weight is 304 g/mol. The summed E-state index contributed by atoms with van der Waals surface area (Å²) in [4.78, 5) is 5.15. The van der Waals surface area contributed by atoms with E-state index < -0.39 is 0 Å². The van der Waals surface area contributed by atoms with Gasteiger partial charge in [0.05, 0.1) is 4.90 Å². The summed E-state index contributed by atoms with van der Waals surface area (Å²) >= 11 is 1.40. The van der Waals surface area contributed by atoms with E-state index in [-0.39, 0.29) is 11.9 Å². The molecule has 21 heavy (non-hydrogen) atoms. The fraction of sp³-hybridized carbons (Fsp3) is 0.353. The summed E-state index contributed by atoms with van der Waals surface area (Å²) < 4.78 is 14.3. The number of halogens is 1. The van der Waals surface area contributed by atoms with Crippen molar-refractivity contribution in [1.82, 2.24) is 10.3 Å². The zero-order valence-electron chi connectivity index (χ0n) is 12.9. The second-order valence-corrected chi connectivity index (χ2v) is 6.19. The maximum absolute atomic E-state index is 14.3. The topological polar surface area (TPSA) is 24.9 Å². The lowest BCUT2D eigenvalue weighted by molar-refractivity contribution is 0.557. The molecule has 0 aliphatic rings. The number of hydrogen-bond acceptors (Lipinski definition) is 3. The molecule has 1 aromatic carbocycles. The van der Waals surface area contributed by atoms with Crippen LogP contribution in [0.25, 0.3) is 0 Å². The van der Waals surface area contributed by atoms with E-state index in [2.05, 4.69) is 17.2 Å².